The summed E-state index contributed by atoms with van der Waals surface area (Å²) in [4.78, 5) is 10.8. The quantitative estimate of drug-likeness (QED) is 0.778. The molecule has 1 aliphatic rings. The summed E-state index contributed by atoms with van der Waals surface area (Å²) in [5.41, 5.74) is 8.72. The minimum Gasteiger partial charge on any atom is -0.369 e. The molecular weight excluding hydrogens is 280 g/mol. The van der Waals surface area contributed by atoms with Crippen LogP contribution in [0.15, 0.2) is 30.3 Å². The molecule has 1 aromatic carbocycles. The van der Waals surface area contributed by atoms with Gasteiger partial charge in [-0.25, -0.2) is 4.98 Å². The maximum Gasteiger partial charge on any atom is 0.223 e. The highest BCUT2D eigenvalue weighted by Crippen LogP contribution is 2.35. The second-order valence-electron chi connectivity index (χ2n) is 5.49. The molecule has 4 rings (SSSR count). The molecule has 21 heavy (non-hydrogen) atoms. The number of aromatic nitrogens is 2. The minimum atomic E-state index is 0.334. The van der Waals surface area contributed by atoms with Crippen molar-refractivity contribution in [2.45, 2.75) is 19.3 Å². The van der Waals surface area contributed by atoms with Crippen molar-refractivity contribution in [3.8, 4) is 0 Å². The maximum atomic E-state index is 5.81. The van der Waals surface area contributed by atoms with E-state index in [-0.39, 0.29) is 0 Å². The van der Waals surface area contributed by atoms with Crippen molar-refractivity contribution < 1.29 is 0 Å². The van der Waals surface area contributed by atoms with Crippen LogP contribution in [0.1, 0.15) is 21.9 Å². The third-order valence-electron chi connectivity index (χ3n) is 4.01. The van der Waals surface area contributed by atoms with Gasteiger partial charge in [0.05, 0.1) is 5.39 Å². The van der Waals surface area contributed by atoms with Crippen LogP contribution in [0.3, 0.4) is 0 Å². The number of nitrogens with two attached hydrogens (primary N) is 1. The van der Waals surface area contributed by atoms with Crippen molar-refractivity contribution >= 4 is 33.3 Å². The van der Waals surface area contributed by atoms with Crippen LogP contribution >= 0.6 is 11.3 Å². The average Bonchev–Trinajstić information content (AvgIpc) is 2.80. The fraction of sp³-hybridized carbons (Fsp3) is 0.250. The molecule has 106 valence electrons. The molecule has 4 nitrogen and oxygen atoms in total. The van der Waals surface area contributed by atoms with Crippen molar-refractivity contribution in [2.24, 2.45) is 0 Å². The lowest BCUT2D eigenvalue weighted by Crippen LogP contribution is -2.24. The van der Waals surface area contributed by atoms with E-state index in [9.17, 15) is 0 Å². The summed E-state index contributed by atoms with van der Waals surface area (Å²) in [7, 11) is 0. The lowest BCUT2D eigenvalue weighted by molar-refractivity contribution is 0.635. The lowest BCUT2D eigenvalue weighted by atomic mass is 9.77. The Morgan fingerprint density at radius 1 is 1.33 bits per heavy atom. The summed E-state index contributed by atoms with van der Waals surface area (Å²) in [5, 5.41) is 4.53. The molecule has 3 aromatic rings. The zero-order valence-corrected chi connectivity index (χ0v) is 12.6. The first-order chi connectivity index (χ1) is 10.2. The van der Waals surface area contributed by atoms with Crippen LogP contribution < -0.4 is 11.1 Å². The Bertz CT molecular complexity index is 824. The average molecular weight is 296 g/mol. The zero-order chi connectivity index (χ0) is 14.4. The first kappa shape index (κ1) is 12.6. The van der Waals surface area contributed by atoms with Crippen molar-refractivity contribution in [3.05, 3.63) is 46.3 Å². The molecule has 0 fully saturated rings. The molecule has 0 spiro atoms. The number of thiophene rings is 1. The van der Waals surface area contributed by atoms with Crippen LogP contribution in [-0.4, -0.2) is 16.5 Å². The van der Waals surface area contributed by atoms with Gasteiger partial charge in [0.15, 0.2) is 0 Å². The van der Waals surface area contributed by atoms with E-state index in [0.29, 0.717) is 11.9 Å². The van der Waals surface area contributed by atoms with E-state index in [1.165, 1.54) is 16.0 Å². The number of nitrogen functional groups attached to an aromatic ring is 1. The van der Waals surface area contributed by atoms with Gasteiger partial charge >= 0.3 is 0 Å². The summed E-state index contributed by atoms with van der Waals surface area (Å²) in [6.07, 6.45) is 1.13. The summed E-state index contributed by atoms with van der Waals surface area (Å²) in [5.74, 6) is 1.75. The number of hydrogen-bond donors (Lipinski definition) is 2. The molecular formula is C16H16N4S. The molecule has 0 amide bonds. The molecule has 1 aliphatic carbocycles. The Hall–Kier alpha value is -2.14. The largest absolute Gasteiger partial charge is 0.369 e. The normalized spacial score (nSPS) is 16.5. The second kappa shape index (κ2) is 4.70. The summed E-state index contributed by atoms with van der Waals surface area (Å²) in [6, 6.07) is 10.7. The lowest BCUT2D eigenvalue weighted by Gasteiger charge is -2.30. The Labute approximate surface area is 127 Å². The Balaban J connectivity index is 1.58. The Kier molecular flexibility index (Phi) is 2.82. The van der Waals surface area contributed by atoms with Crippen molar-refractivity contribution in [1.82, 2.24) is 9.97 Å². The SMILES string of the molecule is Cc1cc2c(NCC3Cc4ccccc43)nc(N)nc2s1. The fourth-order valence-electron chi connectivity index (χ4n) is 2.96. The third-order valence-corrected chi connectivity index (χ3v) is 4.95. The number of benzene rings is 1. The summed E-state index contributed by atoms with van der Waals surface area (Å²) >= 11 is 1.65. The first-order valence-corrected chi connectivity index (χ1v) is 7.87. The monoisotopic (exact) mass is 296 g/mol. The molecule has 0 radical (unpaired) electrons. The standard InChI is InChI=1S/C16H16N4S/c1-9-6-13-14(19-16(17)20-15(13)21-9)18-8-11-7-10-4-2-3-5-12(10)11/h2-6,11H,7-8H2,1H3,(H3,17,18,19,20). The van der Waals surface area contributed by atoms with Crippen LogP contribution in [0.2, 0.25) is 0 Å². The minimum absolute atomic E-state index is 0.334. The molecule has 3 N–H and O–H groups in total. The van der Waals surface area contributed by atoms with E-state index in [2.05, 4.69) is 52.5 Å². The second-order valence-corrected chi connectivity index (χ2v) is 6.72. The molecule has 1 unspecified atom stereocenters. The topological polar surface area (TPSA) is 63.8 Å². The Morgan fingerprint density at radius 2 is 2.19 bits per heavy atom. The number of hydrogen-bond acceptors (Lipinski definition) is 5. The van der Waals surface area contributed by atoms with E-state index in [1.54, 1.807) is 11.3 Å². The Morgan fingerprint density at radius 3 is 3.05 bits per heavy atom. The molecule has 1 atom stereocenters. The highest BCUT2D eigenvalue weighted by molar-refractivity contribution is 7.18. The smallest absolute Gasteiger partial charge is 0.223 e. The fourth-order valence-corrected chi connectivity index (χ4v) is 3.84. The maximum absolute atomic E-state index is 5.81. The van der Waals surface area contributed by atoms with Crippen LogP contribution in [0.25, 0.3) is 10.2 Å². The van der Waals surface area contributed by atoms with Gasteiger partial charge in [-0.3, -0.25) is 0 Å². The zero-order valence-electron chi connectivity index (χ0n) is 11.8. The van der Waals surface area contributed by atoms with E-state index in [1.807, 2.05) is 0 Å². The van der Waals surface area contributed by atoms with E-state index < -0.39 is 0 Å². The summed E-state index contributed by atoms with van der Waals surface area (Å²) in [6.45, 7) is 2.96. The molecule has 2 heterocycles. The summed E-state index contributed by atoms with van der Waals surface area (Å²) < 4.78 is 0. The van der Waals surface area contributed by atoms with E-state index in [4.69, 9.17) is 5.73 Å². The van der Waals surface area contributed by atoms with Gasteiger partial charge in [-0.05, 0) is 30.5 Å². The van der Waals surface area contributed by atoms with Crippen LogP contribution in [0.4, 0.5) is 11.8 Å². The van der Waals surface area contributed by atoms with Crippen LogP contribution in [0.5, 0.6) is 0 Å². The molecule has 5 heteroatoms. The molecule has 0 saturated heterocycles. The van der Waals surface area contributed by atoms with Gasteiger partial charge in [-0.1, -0.05) is 24.3 Å². The van der Waals surface area contributed by atoms with Crippen LogP contribution in [0, 0.1) is 6.92 Å². The predicted molar refractivity (Wildman–Crippen MR) is 87.9 cm³/mol. The number of aryl methyl sites for hydroxylation is 1. The first-order valence-electron chi connectivity index (χ1n) is 7.06. The van der Waals surface area contributed by atoms with Gasteiger partial charge < -0.3 is 11.1 Å². The number of nitrogens with one attached hydrogen (secondary N) is 1. The predicted octanol–water partition coefficient (Wildman–Crippen LogP) is 3.33. The molecule has 2 aromatic heterocycles. The van der Waals surface area contributed by atoms with Gasteiger partial charge in [0.2, 0.25) is 5.95 Å². The molecule has 0 aliphatic heterocycles. The van der Waals surface area contributed by atoms with Gasteiger partial charge in [-0.2, -0.15) is 4.98 Å². The van der Waals surface area contributed by atoms with Crippen molar-refractivity contribution in [3.63, 3.8) is 0 Å². The molecule has 0 bridgehead atoms. The van der Waals surface area contributed by atoms with Crippen molar-refractivity contribution in [2.75, 3.05) is 17.6 Å². The van der Waals surface area contributed by atoms with Gasteiger partial charge in [0.25, 0.3) is 0 Å². The van der Waals surface area contributed by atoms with Gasteiger partial charge in [-0.15, -0.1) is 11.3 Å². The number of fused-ring (bicyclic) bond motifs is 2. The third kappa shape index (κ3) is 2.14. The number of rotatable bonds is 3. The van der Waals surface area contributed by atoms with E-state index in [0.717, 1.165) is 29.0 Å². The highest BCUT2D eigenvalue weighted by atomic mass is 32.1. The van der Waals surface area contributed by atoms with E-state index >= 15 is 0 Å². The highest BCUT2D eigenvalue weighted by Gasteiger charge is 2.25. The number of nitrogens with zero attached hydrogens (tertiary/aromatic N) is 2. The van der Waals surface area contributed by atoms with Gasteiger partial charge in [0.1, 0.15) is 10.6 Å². The van der Waals surface area contributed by atoms with Gasteiger partial charge in [0, 0.05) is 17.3 Å². The van der Waals surface area contributed by atoms with Crippen molar-refractivity contribution in [1.29, 1.82) is 0 Å². The molecule has 0 saturated carbocycles. The van der Waals surface area contributed by atoms with Crippen LogP contribution in [-0.2, 0) is 6.42 Å². The number of anilines is 2.